The fourth-order valence-electron chi connectivity index (χ4n) is 4.02. The van der Waals surface area contributed by atoms with Crippen LogP contribution in [0, 0.1) is 5.92 Å². The van der Waals surface area contributed by atoms with Crippen molar-refractivity contribution in [2.24, 2.45) is 5.92 Å². The van der Waals surface area contributed by atoms with Crippen LogP contribution in [0.3, 0.4) is 0 Å². The van der Waals surface area contributed by atoms with Gasteiger partial charge in [-0.05, 0) is 45.1 Å². The zero-order chi connectivity index (χ0) is 19.4. The lowest BCUT2D eigenvalue weighted by Crippen LogP contribution is -2.48. The first-order valence-corrected chi connectivity index (χ1v) is 9.99. The third-order valence-electron chi connectivity index (χ3n) is 5.81. The Bertz CT molecular complexity index is 650. The molecule has 1 atom stereocenters. The van der Waals surface area contributed by atoms with Gasteiger partial charge in [-0.25, -0.2) is 4.68 Å². The third kappa shape index (κ3) is 5.29. The zero-order valence-corrected chi connectivity index (χ0v) is 16.3. The Kier molecular flexibility index (Phi) is 6.49. The van der Waals surface area contributed by atoms with Crippen molar-refractivity contribution in [3.8, 4) is 0 Å². The summed E-state index contributed by atoms with van der Waals surface area (Å²) >= 11 is 0. The highest BCUT2D eigenvalue weighted by atomic mass is 16.4. The van der Waals surface area contributed by atoms with Crippen molar-refractivity contribution in [3.05, 3.63) is 12.3 Å². The van der Waals surface area contributed by atoms with Crippen molar-refractivity contribution < 1.29 is 14.7 Å². The van der Waals surface area contributed by atoms with Gasteiger partial charge in [0.2, 0.25) is 5.91 Å². The molecule has 1 aromatic rings. The predicted octanol–water partition coefficient (Wildman–Crippen LogP) is 1.66. The molecule has 3 rings (SSSR count). The van der Waals surface area contributed by atoms with Crippen LogP contribution in [0.15, 0.2) is 12.3 Å². The van der Waals surface area contributed by atoms with Gasteiger partial charge in [-0.3, -0.25) is 19.4 Å². The molecule has 0 aromatic carbocycles. The van der Waals surface area contributed by atoms with Crippen molar-refractivity contribution in [1.82, 2.24) is 19.6 Å². The van der Waals surface area contributed by atoms with Gasteiger partial charge in [0.1, 0.15) is 5.82 Å². The van der Waals surface area contributed by atoms with Crippen molar-refractivity contribution >= 4 is 17.7 Å². The average Bonchev–Trinajstić information content (AvgIpc) is 3.39. The maximum absolute atomic E-state index is 12.5. The number of nitrogens with zero attached hydrogens (tertiary/aromatic N) is 4. The van der Waals surface area contributed by atoms with Crippen LogP contribution < -0.4 is 5.32 Å². The molecule has 1 saturated heterocycles. The quantitative estimate of drug-likeness (QED) is 0.680. The topological polar surface area (TPSA) is 90.7 Å². The maximum atomic E-state index is 12.5. The van der Waals surface area contributed by atoms with E-state index in [0.717, 1.165) is 38.3 Å². The Balaban J connectivity index is 1.46. The number of hydrogen-bond donors (Lipinski definition) is 2. The molecule has 0 radical (unpaired) electrons. The number of hydrogen-bond acceptors (Lipinski definition) is 5. The molecule has 0 bridgehead atoms. The van der Waals surface area contributed by atoms with Crippen molar-refractivity contribution in [3.63, 3.8) is 0 Å². The minimum absolute atomic E-state index is 0.0175. The number of aliphatic carboxylic acids is 1. The van der Waals surface area contributed by atoms with Crippen molar-refractivity contribution in [2.75, 3.05) is 38.0 Å². The van der Waals surface area contributed by atoms with Crippen molar-refractivity contribution in [1.29, 1.82) is 0 Å². The molecule has 1 aromatic heterocycles. The Labute approximate surface area is 160 Å². The van der Waals surface area contributed by atoms with Crippen molar-refractivity contribution in [2.45, 2.75) is 51.6 Å². The smallest absolute Gasteiger partial charge is 0.317 e. The molecule has 2 N–H and O–H groups in total. The van der Waals surface area contributed by atoms with Gasteiger partial charge in [0.25, 0.3) is 0 Å². The molecule has 1 aliphatic heterocycles. The second-order valence-corrected chi connectivity index (χ2v) is 7.75. The van der Waals surface area contributed by atoms with Crippen LogP contribution in [0.2, 0.25) is 0 Å². The van der Waals surface area contributed by atoms with Crippen LogP contribution in [0.5, 0.6) is 0 Å². The van der Waals surface area contributed by atoms with Gasteiger partial charge in [0.05, 0.1) is 25.3 Å². The van der Waals surface area contributed by atoms with Crippen LogP contribution in [0.1, 0.15) is 45.6 Å². The minimum atomic E-state index is -0.782. The zero-order valence-electron chi connectivity index (χ0n) is 16.3. The first-order valence-electron chi connectivity index (χ1n) is 9.99. The van der Waals surface area contributed by atoms with E-state index in [1.165, 1.54) is 12.8 Å². The van der Waals surface area contributed by atoms with E-state index in [1.807, 2.05) is 22.6 Å². The van der Waals surface area contributed by atoms with E-state index < -0.39 is 5.97 Å². The molecule has 2 fully saturated rings. The van der Waals surface area contributed by atoms with Crippen LogP contribution in [-0.2, 0) is 9.59 Å². The molecule has 8 heteroatoms. The highest BCUT2D eigenvalue weighted by molar-refractivity contribution is 5.91. The third-order valence-corrected chi connectivity index (χ3v) is 5.81. The van der Waals surface area contributed by atoms with Gasteiger partial charge in [-0.15, -0.1) is 0 Å². The number of carbonyl (C=O) groups excluding carboxylic acids is 1. The number of carboxylic acid groups (broad SMARTS) is 1. The van der Waals surface area contributed by atoms with Gasteiger partial charge < -0.3 is 10.4 Å². The molecule has 0 spiro atoms. The standard InChI is InChI=1S/C19H31N5O3/c1-3-23(13-19(26)27)16-7-10-22(11-8-16)12-18(25)21-17-6-9-20-24(17)14(2)15-4-5-15/h6,9,14-16H,3-5,7-8,10-13H2,1-2H3,(H,21,25)(H,26,27). The highest BCUT2D eigenvalue weighted by Crippen LogP contribution is 2.40. The van der Waals surface area contributed by atoms with Gasteiger partial charge in [0, 0.05) is 25.2 Å². The Hall–Kier alpha value is -1.93. The second-order valence-electron chi connectivity index (χ2n) is 7.75. The largest absolute Gasteiger partial charge is 0.480 e. The van der Waals surface area contributed by atoms with E-state index in [9.17, 15) is 9.59 Å². The number of piperidine rings is 1. The molecular weight excluding hydrogens is 346 g/mol. The summed E-state index contributed by atoms with van der Waals surface area (Å²) < 4.78 is 1.92. The Morgan fingerprint density at radius 2 is 2.04 bits per heavy atom. The SMILES string of the molecule is CCN(CC(=O)O)C1CCN(CC(=O)Nc2ccnn2C(C)C2CC2)CC1. The van der Waals surface area contributed by atoms with Crippen LogP contribution in [0.25, 0.3) is 0 Å². The number of rotatable bonds is 9. The average molecular weight is 377 g/mol. The molecule has 8 nitrogen and oxygen atoms in total. The van der Waals surface area contributed by atoms with Crippen LogP contribution in [-0.4, -0.2) is 75.3 Å². The number of nitrogens with one attached hydrogen (secondary N) is 1. The summed E-state index contributed by atoms with van der Waals surface area (Å²) in [5.41, 5.74) is 0. The Morgan fingerprint density at radius 1 is 1.33 bits per heavy atom. The Morgan fingerprint density at radius 3 is 2.63 bits per heavy atom. The summed E-state index contributed by atoms with van der Waals surface area (Å²) in [5.74, 6) is 0.645. The van der Waals surface area contributed by atoms with Gasteiger partial charge in [-0.1, -0.05) is 6.92 Å². The molecule has 1 amide bonds. The summed E-state index contributed by atoms with van der Waals surface area (Å²) in [6, 6.07) is 2.46. The number of likely N-dealkylation sites (N-methyl/N-ethyl adjacent to an activating group) is 1. The van der Waals surface area contributed by atoms with Gasteiger partial charge in [-0.2, -0.15) is 5.10 Å². The van der Waals surface area contributed by atoms with Gasteiger partial charge in [0.15, 0.2) is 0 Å². The summed E-state index contributed by atoms with van der Waals surface area (Å²) in [4.78, 5) is 27.6. The monoisotopic (exact) mass is 377 g/mol. The number of anilines is 1. The molecule has 27 heavy (non-hydrogen) atoms. The second kappa shape index (κ2) is 8.84. The van der Waals surface area contributed by atoms with Crippen LogP contribution >= 0.6 is 0 Å². The summed E-state index contributed by atoms with van der Waals surface area (Å²) in [6.07, 6.45) is 6.00. The normalized spacial score (nSPS) is 20.0. The number of carboxylic acids is 1. The molecule has 150 valence electrons. The van der Waals surface area contributed by atoms with Crippen LogP contribution in [0.4, 0.5) is 5.82 Å². The lowest BCUT2D eigenvalue weighted by atomic mass is 10.0. The van der Waals surface area contributed by atoms with E-state index >= 15 is 0 Å². The fraction of sp³-hybridized carbons (Fsp3) is 0.737. The number of likely N-dealkylation sites (tertiary alicyclic amines) is 1. The van der Waals surface area contributed by atoms with E-state index in [2.05, 4.69) is 22.2 Å². The summed E-state index contributed by atoms with van der Waals surface area (Å²) in [5, 5.41) is 16.4. The lowest BCUT2D eigenvalue weighted by Gasteiger charge is -2.37. The number of aromatic nitrogens is 2. The number of amides is 1. The predicted molar refractivity (Wildman–Crippen MR) is 103 cm³/mol. The first-order chi connectivity index (χ1) is 13.0. The first kappa shape index (κ1) is 19.8. The molecule has 2 heterocycles. The molecule has 1 saturated carbocycles. The molecule has 1 aliphatic carbocycles. The molecular formula is C19H31N5O3. The lowest BCUT2D eigenvalue weighted by molar-refractivity contribution is -0.139. The number of carbonyl (C=O) groups is 2. The van der Waals surface area contributed by atoms with Gasteiger partial charge >= 0.3 is 5.97 Å². The summed E-state index contributed by atoms with van der Waals surface area (Å²) in [6.45, 7) is 6.96. The van der Waals surface area contributed by atoms with E-state index in [1.54, 1.807) is 6.20 Å². The minimum Gasteiger partial charge on any atom is -0.480 e. The molecule has 2 aliphatic rings. The van der Waals surface area contributed by atoms with E-state index in [-0.39, 0.29) is 18.5 Å². The van der Waals surface area contributed by atoms with E-state index in [0.29, 0.717) is 18.5 Å². The molecule has 1 unspecified atom stereocenters. The highest BCUT2D eigenvalue weighted by Gasteiger charge is 2.31. The maximum Gasteiger partial charge on any atom is 0.317 e. The summed E-state index contributed by atoms with van der Waals surface area (Å²) in [7, 11) is 0. The van der Waals surface area contributed by atoms with E-state index in [4.69, 9.17) is 5.11 Å². The fourth-order valence-corrected chi connectivity index (χ4v) is 4.02.